The number of ketones is 1. The normalized spacial score (nSPS) is 51.8. The van der Waals surface area contributed by atoms with E-state index in [1.54, 1.807) is 0 Å². The predicted octanol–water partition coefficient (Wildman–Crippen LogP) is 1.16. The summed E-state index contributed by atoms with van der Waals surface area (Å²) < 4.78 is 11.4. The minimum absolute atomic E-state index is 0.0709. The SMILES string of the molecule is CC12CCCC(=O)C1[C@H]1OCCO[C@H]12. The summed E-state index contributed by atoms with van der Waals surface area (Å²) in [5, 5.41) is 0. The highest BCUT2D eigenvalue weighted by molar-refractivity contribution is 5.85. The van der Waals surface area contributed by atoms with E-state index in [-0.39, 0.29) is 23.5 Å². The van der Waals surface area contributed by atoms with E-state index in [1.165, 1.54) is 0 Å². The van der Waals surface area contributed by atoms with Crippen molar-refractivity contribution in [3.05, 3.63) is 0 Å². The van der Waals surface area contributed by atoms with Gasteiger partial charge in [0.25, 0.3) is 0 Å². The van der Waals surface area contributed by atoms with Crippen molar-refractivity contribution in [1.29, 1.82) is 0 Å². The van der Waals surface area contributed by atoms with Gasteiger partial charge < -0.3 is 9.47 Å². The molecular weight excluding hydrogens is 180 g/mol. The summed E-state index contributed by atoms with van der Waals surface area (Å²) in [6.07, 6.45) is 3.14. The molecule has 3 heteroatoms. The van der Waals surface area contributed by atoms with E-state index in [0.29, 0.717) is 19.0 Å². The fraction of sp³-hybridized carbons (Fsp3) is 0.909. The molecule has 78 valence electrons. The maximum atomic E-state index is 11.8. The second kappa shape index (κ2) is 2.80. The van der Waals surface area contributed by atoms with E-state index in [1.807, 2.05) is 0 Å². The van der Waals surface area contributed by atoms with Crippen LogP contribution < -0.4 is 0 Å². The zero-order valence-corrected chi connectivity index (χ0v) is 8.49. The summed E-state index contributed by atoms with van der Waals surface area (Å²) in [6.45, 7) is 3.53. The van der Waals surface area contributed by atoms with E-state index < -0.39 is 0 Å². The summed E-state index contributed by atoms with van der Waals surface area (Å²) in [6, 6.07) is 0. The highest BCUT2D eigenvalue weighted by Gasteiger charge is 2.65. The van der Waals surface area contributed by atoms with Gasteiger partial charge in [0.05, 0.1) is 31.3 Å². The molecule has 0 bridgehead atoms. The van der Waals surface area contributed by atoms with Crippen LogP contribution in [0.3, 0.4) is 0 Å². The Hall–Kier alpha value is -0.410. The van der Waals surface area contributed by atoms with E-state index in [0.717, 1.165) is 19.3 Å². The summed E-state index contributed by atoms with van der Waals surface area (Å²) >= 11 is 0. The fourth-order valence-corrected chi connectivity index (χ4v) is 3.46. The lowest BCUT2D eigenvalue weighted by atomic mass is 9.50. The molecule has 0 spiro atoms. The van der Waals surface area contributed by atoms with Crippen molar-refractivity contribution in [2.75, 3.05) is 13.2 Å². The first-order valence-corrected chi connectivity index (χ1v) is 5.49. The van der Waals surface area contributed by atoms with E-state index in [2.05, 4.69) is 6.92 Å². The molecule has 0 amide bonds. The largest absolute Gasteiger partial charge is 0.373 e. The molecule has 2 unspecified atom stereocenters. The minimum atomic E-state index is 0.0709. The minimum Gasteiger partial charge on any atom is -0.373 e. The van der Waals surface area contributed by atoms with E-state index in [9.17, 15) is 4.79 Å². The van der Waals surface area contributed by atoms with Crippen LogP contribution in [0.4, 0.5) is 0 Å². The number of rotatable bonds is 0. The molecule has 3 fully saturated rings. The van der Waals surface area contributed by atoms with Crippen LogP contribution in [0.2, 0.25) is 0 Å². The third-order valence-electron chi connectivity index (χ3n) is 4.16. The topological polar surface area (TPSA) is 35.5 Å². The Labute approximate surface area is 83.8 Å². The Morgan fingerprint density at radius 2 is 2.14 bits per heavy atom. The number of carbonyl (C=O) groups excluding carboxylic acids is 1. The van der Waals surface area contributed by atoms with Crippen LogP contribution in [0.5, 0.6) is 0 Å². The summed E-state index contributed by atoms with van der Waals surface area (Å²) in [4.78, 5) is 11.8. The summed E-state index contributed by atoms with van der Waals surface area (Å²) in [5.74, 6) is 0.520. The molecule has 4 atom stereocenters. The monoisotopic (exact) mass is 196 g/mol. The summed E-state index contributed by atoms with van der Waals surface area (Å²) in [5.41, 5.74) is 0.0837. The van der Waals surface area contributed by atoms with Crippen LogP contribution in [0.1, 0.15) is 26.2 Å². The zero-order valence-electron chi connectivity index (χ0n) is 8.49. The molecule has 0 aromatic heterocycles. The van der Waals surface area contributed by atoms with Gasteiger partial charge in [0.2, 0.25) is 0 Å². The third-order valence-corrected chi connectivity index (χ3v) is 4.16. The predicted molar refractivity (Wildman–Crippen MR) is 49.9 cm³/mol. The van der Waals surface area contributed by atoms with Crippen LogP contribution >= 0.6 is 0 Å². The maximum absolute atomic E-state index is 11.8. The van der Waals surface area contributed by atoms with Gasteiger partial charge in [-0.15, -0.1) is 0 Å². The Morgan fingerprint density at radius 1 is 1.36 bits per heavy atom. The fourth-order valence-electron chi connectivity index (χ4n) is 3.46. The summed E-state index contributed by atoms with van der Waals surface area (Å²) in [7, 11) is 0. The van der Waals surface area contributed by atoms with Gasteiger partial charge in [-0.25, -0.2) is 0 Å². The highest BCUT2D eigenvalue weighted by Crippen LogP contribution is 2.57. The van der Waals surface area contributed by atoms with Crippen LogP contribution in [-0.2, 0) is 14.3 Å². The Balaban J connectivity index is 1.88. The molecule has 2 saturated carbocycles. The van der Waals surface area contributed by atoms with Crippen molar-refractivity contribution >= 4 is 5.78 Å². The number of hydrogen-bond donors (Lipinski definition) is 0. The zero-order chi connectivity index (χ0) is 9.76. The van der Waals surface area contributed by atoms with Gasteiger partial charge in [-0.05, 0) is 12.8 Å². The first-order chi connectivity index (χ1) is 6.73. The second-order valence-electron chi connectivity index (χ2n) is 4.93. The molecule has 1 saturated heterocycles. The molecule has 14 heavy (non-hydrogen) atoms. The molecule has 1 heterocycles. The molecule has 0 aromatic rings. The van der Waals surface area contributed by atoms with Crippen molar-refractivity contribution in [3.8, 4) is 0 Å². The van der Waals surface area contributed by atoms with E-state index in [4.69, 9.17) is 9.47 Å². The lowest BCUT2D eigenvalue weighted by Crippen LogP contribution is -2.70. The van der Waals surface area contributed by atoms with E-state index >= 15 is 0 Å². The number of Topliss-reactive ketones (excluding diaryl/α,β-unsaturated/α-hetero) is 1. The second-order valence-corrected chi connectivity index (χ2v) is 4.93. The van der Waals surface area contributed by atoms with Gasteiger partial charge in [0.15, 0.2) is 0 Å². The Morgan fingerprint density at radius 3 is 3.00 bits per heavy atom. The molecule has 0 aromatic carbocycles. The molecule has 0 N–H and O–H groups in total. The molecule has 1 aliphatic heterocycles. The smallest absolute Gasteiger partial charge is 0.139 e. The van der Waals surface area contributed by atoms with Crippen molar-refractivity contribution in [2.45, 2.75) is 38.4 Å². The molecule has 2 aliphatic carbocycles. The van der Waals surface area contributed by atoms with Gasteiger partial charge in [0.1, 0.15) is 5.78 Å². The lowest BCUT2D eigenvalue weighted by molar-refractivity contribution is -0.285. The Bertz CT molecular complexity index is 276. The van der Waals surface area contributed by atoms with Crippen LogP contribution in [-0.4, -0.2) is 31.2 Å². The van der Waals surface area contributed by atoms with Crippen LogP contribution in [0.25, 0.3) is 0 Å². The van der Waals surface area contributed by atoms with Gasteiger partial charge in [-0.1, -0.05) is 6.92 Å². The quantitative estimate of drug-likeness (QED) is 0.583. The highest BCUT2D eigenvalue weighted by atomic mass is 16.6. The average molecular weight is 196 g/mol. The third kappa shape index (κ3) is 0.920. The van der Waals surface area contributed by atoms with Gasteiger partial charge in [-0.3, -0.25) is 4.79 Å². The standard InChI is InChI=1S/C11H16O3/c1-11-4-2-3-7(12)8(11)9-10(11)14-6-5-13-9/h8-10H,2-6H2,1H3/t8?,9-,10-,11?/m1/s1. The van der Waals surface area contributed by atoms with Crippen molar-refractivity contribution in [3.63, 3.8) is 0 Å². The first kappa shape index (κ1) is 8.86. The molecule has 3 aliphatic rings. The van der Waals surface area contributed by atoms with Gasteiger partial charge in [0, 0.05) is 11.8 Å². The first-order valence-electron chi connectivity index (χ1n) is 5.49. The average Bonchev–Trinajstić information content (AvgIpc) is 2.16. The van der Waals surface area contributed by atoms with Crippen LogP contribution in [0, 0.1) is 11.3 Å². The lowest BCUT2D eigenvalue weighted by Gasteiger charge is -2.61. The molecule has 3 rings (SSSR count). The number of hydrogen-bond acceptors (Lipinski definition) is 3. The number of ether oxygens (including phenoxy) is 2. The maximum Gasteiger partial charge on any atom is 0.139 e. The van der Waals surface area contributed by atoms with Gasteiger partial charge >= 0.3 is 0 Å². The van der Waals surface area contributed by atoms with Crippen molar-refractivity contribution in [2.24, 2.45) is 11.3 Å². The van der Waals surface area contributed by atoms with Gasteiger partial charge in [-0.2, -0.15) is 0 Å². The van der Waals surface area contributed by atoms with Crippen molar-refractivity contribution in [1.82, 2.24) is 0 Å². The van der Waals surface area contributed by atoms with Crippen molar-refractivity contribution < 1.29 is 14.3 Å². The van der Waals surface area contributed by atoms with Crippen LogP contribution in [0.15, 0.2) is 0 Å². The number of fused-ring (bicyclic) bond motifs is 4. The molecular formula is C11H16O3. The molecule has 0 radical (unpaired) electrons. The number of carbonyl (C=O) groups is 1. The Kier molecular flexibility index (Phi) is 1.77. The molecule has 3 nitrogen and oxygen atoms in total.